The SMILES string of the molecule is CCC1(C(=O)O)CCN(C(=O)NC(C)c2ccc(Cl)s2)C1. The minimum absolute atomic E-state index is 0.142. The second-order valence-electron chi connectivity index (χ2n) is 5.42. The summed E-state index contributed by atoms with van der Waals surface area (Å²) < 4.78 is 0.683. The number of nitrogens with one attached hydrogen (secondary N) is 1. The van der Waals surface area contributed by atoms with Gasteiger partial charge in [-0.2, -0.15) is 0 Å². The minimum Gasteiger partial charge on any atom is -0.481 e. The highest BCUT2D eigenvalue weighted by atomic mass is 35.5. The molecule has 0 aromatic carbocycles. The first-order chi connectivity index (χ1) is 9.88. The monoisotopic (exact) mass is 330 g/mol. The van der Waals surface area contributed by atoms with Gasteiger partial charge in [-0.05, 0) is 31.9 Å². The summed E-state index contributed by atoms with van der Waals surface area (Å²) in [6, 6.07) is 3.32. The van der Waals surface area contributed by atoms with Crippen LogP contribution in [-0.2, 0) is 4.79 Å². The topological polar surface area (TPSA) is 69.6 Å². The Labute approximate surface area is 132 Å². The van der Waals surface area contributed by atoms with Crippen molar-refractivity contribution in [3.63, 3.8) is 0 Å². The summed E-state index contributed by atoms with van der Waals surface area (Å²) in [5, 5.41) is 12.3. The van der Waals surface area contributed by atoms with Crippen molar-refractivity contribution in [2.45, 2.75) is 32.7 Å². The normalized spacial score (nSPS) is 23.1. The van der Waals surface area contributed by atoms with Crippen LogP contribution in [0.5, 0.6) is 0 Å². The molecule has 116 valence electrons. The van der Waals surface area contributed by atoms with E-state index >= 15 is 0 Å². The molecule has 1 fully saturated rings. The van der Waals surface area contributed by atoms with Crippen molar-refractivity contribution in [3.05, 3.63) is 21.3 Å². The molecule has 2 unspecified atom stereocenters. The number of likely N-dealkylation sites (tertiary alicyclic amines) is 1. The van der Waals surface area contributed by atoms with E-state index in [9.17, 15) is 14.7 Å². The lowest BCUT2D eigenvalue weighted by atomic mass is 9.84. The van der Waals surface area contributed by atoms with E-state index in [0.717, 1.165) is 4.88 Å². The van der Waals surface area contributed by atoms with Gasteiger partial charge in [0.1, 0.15) is 0 Å². The van der Waals surface area contributed by atoms with Crippen LogP contribution in [0.2, 0.25) is 4.34 Å². The van der Waals surface area contributed by atoms with Crippen molar-refractivity contribution < 1.29 is 14.7 Å². The summed E-state index contributed by atoms with van der Waals surface area (Å²) in [5.74, 6) is -0.821. The zero-order chi connectivity index (χ0) is 15.6. The first kappa shape index (κ1) is 16.1. The first-order valence-corrected chi connectivity index (χ1v) is 8.11. The molecule has 1 aliphatic heterocycles. The molecule has 0 spiro atoms. The Hall–Kier alpha value is -1.27. The molecule has 2 N–H and O–H groups in total. The number of carboxylic acids is 1. The summed E-state index contributed by atoms with van der Waals surface area (Å²) in [6.45, 7) is 4.48. The molecule has 0 bridgehead atoms. The number of thiophene rings is 1. The van der Waals surface area contributed by atoms with Gasteiger partial charge < -0.3 is 15.3 Å². The fraction of sp³-hybridized carbons (Fsp3) is 0.571. The number of amides is 2. The van der Waals surface area contributed by atoms with Crippen LogP contribution in [0.15, 0.2) is 12.1 Å². The number of aliphatic carboxylic acids is 1. The van der Waals surface area contributed by atoms with Gasteiger partial charge in [0.25, 0.3) is 0 Å². The molecule has 1 aromatic heterocycles. The van der Waals surface area contributed by atoms with Crippen molar-refractivity contribution >= 4 is 34.9 Å². The van der Waals surface area contributed by atoms with Gasteiger partial charge in [0.2, 0.25) is 0 Å². The molecule has 2 heterocycles. The number of carbonyl (C=O) groups excluding carboxylic acids is 1. The Balaban J connectivity index is 1.97. The van der Waals surface area contributed by atoms with Gasteiger partial charge >= 0.3 is 12.0 Å². The Kier molecular flexibility index (Phi) is 4.78. The Morgan fingerprint density at radius 1 is 1.57 bits per heavy atom. The molecule has 1 aliphatic rings. The lowest BCUT2D eigenvalue weighted by Crippen LogP contribution is -2.42. The number of urea groups is 1. The standard InChI is InChI=1S/C14H19ClN2O3S/c1-3-14(12(18)19)6-7-17(8-14)13(20)16-9(2)10-4-5-11(15)21-10/h4-5,9H,3,6-8H2,1-2H3,(H,16,20)(H,18,19). The number of nitrogens with zero attached hydrogens (tertiary/aromatic N) is 1. The number of carboxylic acid groups (broad SMARTS) is 1. The van der Waals surface area contributed by atoms with Gasteiger partial charge in [0.15, 0.2) is 0 Å². The number of hydrogen-bond acceptors (Lipinski definition) is 3. The number of carbonyl (C=O) groups is 2. The molecule has 2 rings (SSSR count). The van der Waals surface area contributed by atoms with E-state index in [1.54, 1.807) is 11.0 Å². The van der Waals surface area contributed by atoms with Crippen molar-refractivity contribution in [2.24, 2.45) is 5.41 Å². The van der Waals surface area contributed by atoms with Crippen LogP contribution in [0.4, 0.5) is 4.79 Å². The van der Waals surface area contributed by atoms with E-state index < -0.39 is 11.4 Å². The molecular formula is C14H19ClN2O3S. The van der Waals surface area contributed by atoms with Crippen LogP contribution in [0, 0.1) is 5.41 Å². The molecular weight excluding hydrogens is 312 g/mol. The van der Waals surface area contributed by atoms with E-state index in [2.05, 4.69) is 5.32 Å². The third-order valence-electron chi connectivity index (χ3n) is 4.13. The molecule has 2 atom stereocenters. The lowest BCUT2D eigenvalue weighted by molar-refractivity contribution is -0.148. The summed E-state index contributed by atoms with van der Waals surface area (Å²) in [7, 11) is 0. The zero-order valence-corrected chi connectivity index (χ0v) is 13.6. The van der Waals surface area contributed by atoms with Gasteiger partial charge in [-0.3, -0.25) is 4.79 Å². The molecule has 0 saturated carbocycles. The van der Waals surface area contributed by atoms with E-state index in [1.165, 1.54) is 11.3 Å². The van der Waals surface area contributed by atoms with Gasteiger partial charge in [-0.15, -0.1) is 11.3 Å². The van der Waals surface area contributed by atoms with Crippen molar-refractivity contribution in [1.82, 2.24) is 10.2 Å². The molecule has 7 heteroatoms. The van der Waals surface area contributed by atoms with Crippen LogP contribution in [0.1, 0.15) is 37.6 Å². The molecule has 0 radical (unpaired) electrons. The zero-order valence-electron chi connectivity index (χ0n) is 12.1. The fourth-order valence-corrected chi connectivity index (χ4v) is 3.63. The predicted molar refractivity (Wildman–Crippen MR) is 82.8 cm³/mol. The summed E-state index contributed by atoms with van der Waals surface area (Å²) in [5.41, 5.74) is -0.799. The molecule has 1 saturated heterocycles. The summed E-state index contributed by atoms with van der Waals surface area (Å²) in [6.07, 6.45) is 1.04. The Bertz CT molecular complexity index is 548. The number of halogens is 1. The Morgan fingerprint density at radius 2 is 2.29 bits per heavy atom. The molecule has 0 aliphatic carbocycles. The van der Waals surface area contributed by atoms with Crippen molar-refractivity contribution in [1.29, 1.82) is 0 Å². The first-order valence-electron chi connectivity index (χ1n) is 6.92. The molecule has 2 amide bonds. The van der Waals surface area contributed by atoms with Crippen LogP contribution >= 0.6 is 22.9 Å². The number of hydrogen-bond donors (Lipinski definition) is 2. The van der Waals surface area contributed by atoms with Gasteiger partial charge in [0.05, 0.1) is 15.8 Å². The van der Waals surface area contributed by atoms with E-state index in [1.807, 2.05) is 19.9 Å². The molecule has 5 nitrogen and oxygen atoms in total. The van der Waals surface area contributed by atoms with E-state index in [-0.39, 0.29) is 18.6 Å². The highest BCUT2D eigenvalue weighted by molar-refractivity contribution is 7.16. The highest BCUT2D eigenvalue weighted by Gasteiger charge is 2.44. The second-order valence-corrected chi connectivity index (χ2v) is 7.17. The predicted octanol–water partition coefficient (Wildman–Crippen LogP) is 3.36. The molecule has 21 heavy (non-hydrogen) atoms. The minimum atomic E-state index is -0.821. The molecule has 1 aromatic rings. The maximum absolute atomic E-state index is 12.3. The number of rotatable bonds is 4. The third-order valence-corrected chi connectivity index (χ3v) is 5.55. The fourth-order valence-electron chi connectivity index (χ4n) is 2.57. The average molecular weight is 331 g/mol. The van der Waals surface area contributed by atoms with Gasteiger partial charge in [-0.25, -0.2) is 4.79 Å². The highest BCUT2D eigenvalue weighted by Crippen LogP contribution is 2.34. The van der Waals surface area contributed by atoms with E-state index in [0.29, 0.717) is 23.7 Å². The maximum atomic E-state index is 12.3. The third kappa shape index (κ3) is 3.32. The van der Waals surface area contributed by atoms with Crippen LogP contribution in [0.25, 0.3) is 0 Å². The van der Waals surface area contributed by atoms with Crippen LogP contribution in [-0.4, -0.2) is 35.1 Å². The van der Waals surface area contributed by atoms with Crippen molar-refractivity contribution in [3.8, 4) is 0 Å². The quantitative estimate of drug-likeness (QED) is 0.889. The average Bonchev–Trinajstić information content (AvgIpc) is 3.05. The lowest BCUT2D eigenvalue weighted by Gasteiger charge is -2.24. The Morgan fingerprint density at radius 3 is 2.76 bits per heavy atom. The van der Waals surface area contributed by atoms with Gasteiger partial charge in [0, 0.05) is 18.0 Å². The maximum Gasteiger partial charge on any atom is 0.317 e. The summed E-state index contributed by atoms with van der Waals surface area (Å²) in [4.78, 5) is 26.2. The smallest absolute Gasteiger partial charge is 0.317 e. The summed E-state index contributed by atoms with van der Waals surface area (Å²) >= 11 is 7.32. The van der Waals surface area contributed by atoms with Gasteiger partial charge in [-0.1, -0.05) is 18.5 Å². The van der Waals surface area contributed by atoms with Crippen LogP contribution in [0.3, 0.4) is 0 Å². The van der Waals surface area contributed by atoms with Crippen LogP contribution < -0.4 is 5.32 Å². The van der Waals surface area contributed by atoms with E-state index in [4.69, 9.17) is 11.6 Å². The van der Waals surface area contributed by atoms with Crippen molar-refractivity contribution in [2.75, 3.05) is 13.1 Å². The largest absolute Gasteiger partial charge is 0.481 e. The second kappa shape index (κ2) is 6.23.